The second-order valence-corrected chi connectivity index (χ2v) is 7.79. The number of fused-ring (bicyclic) bond motifs is 1. The van der Waals surface area contributed by atoms with Gasteiger partial charge in [-0.1, -0.05) is 0 Å². The molecule has 0 bridgehead atoms. The molecule has 6 heteroatoms. The average Bonchev–Trinajstić information content (AvgIpc) is 3.22. The molecular formula is C23H26FN3O2. The summed E-state index contributed by atoms with van der Waals surface area (Å²) in [6.45, 7) is 2.05. The molecule has 0 aliphatic carbocycles. The summed E-state index contributed by atoms with van der Waals surface area (Å²) in [6.07, 6.45) is 7.66. The Hall–Kier alpha value is -2.89. The number of carbonyl (C=O) groups is 2. The van der Waals surface area contributed by atoms with E-state index < -0.39 is 0 Å². The molecule has 1 saturated heterocycles. The Labute approximate surface area is 170 Å². The number of rotatable bonds is 6. The van der Waals surface area contributed by atoms with Gasteiger partial charge in [0.15, 0.2) is 5.78 Å². The van der Waals surface area contributed by atoms with Crippen LogP contribution in [-0.4, -0.2) is 34.2 Å². The summed E-state index contributed by atoms with van der Waals surface area (Å²) in [7, 11) is 0. The highest BCUT2D eigenvalue weighted by atomic mass is 19.1. The summed E-state index contributed by atoms with van der Waals surface area (Å²) in [5, 5.41) is 3.41. The van der Waals surface area contributed by atoms with E-state index in [9.17, 15) is 14.0 Å². The minimum atomic E-state index is -0.338. The number of aromatic nitrogens is 1. The van der Waals surface area contributed by atoms with Crippen LogP contribution in [0.4, 0.5) is 4.39 Å². The van der Waals surface area contributed by atoms with E-state index in [1.165, 1.54) is 17.8 Å². The van der Waals surface area contributed by atoms with Crippen LogP contribution in [0.3, 0.4) is 0 Å². The van der Waals surface area contributed by atoms with Gasteiger partial charge in [-0.25, -0.2) is 4.39 Å². The first-order valence-electron chi connectivity index (χ1n) is 10.3. The number of ketones is 1. The van der Waals surface area contributed by atoms with Gasteiger partial charge >= 0.3 is 0 Å². The third kappa shape index (κ3) is 4.58. The van der Waals surface area contributed by atoms with Gasteiger partial charge < -0.3 is 14.8 Å². The predicted octanol–water partition coefficient (Wildman–Crippen LogP) is 3.82. The maximum atomic E-state index is 13.0. The van der Waals surface area contributed by atoms with Gasteiger partial charge in [0.05, 0.1) is 6.54 Å². The zero-order chi connectivity index (χ0) is 20.2. The predicted molar refractivity (Wildman–Crippen MR) is 109 cm³/mol. The van der Waals surface area contributed by atoms with Gasteiger partial charge in [-0.2, -0.15) is 0 Å². The van der Waals surface area contributed by atoms with E-state index in [0.717, 1.165) is 25.1 Å². The topological polar surface area (TPSA) is 54.3 Å². The van der Waals surface area contributed by atoms with Crippen molar-refractivity contribution >= 4 is 17.9 Å². The zero-order valence-corrected chi connectivity index (χ0v) is 16.4. The van der Waals surface area contributed by atoms with Crippen LogP contribution in [0, 0.1) is 11.7 Å². The number of amides is 1. The summed E-state index contributed by atoms with van der Waals surface area (Å²) in [5.41, 5.74) is 2.95. The third-order valence-corrected chi connectivity index (χ3v) is 5.84. The van der Waals surface area contributed by atoms with Gasteiger partial charge in [0.2, 0.25) is 5.91 Å². The minimum Gasteiger partial charge on any atom is -0.382 e. The lowest BCUT2D eigenvalue weighted by Crippen LogP contribution is -2.40. The fourth-order valence-electron chi connectivity index (χ4n) is 4.10. The number of nitrogens with one attached hydrogen (secondary N) is 1. The van der Waals surface area contributed by atoms with Crippen molar-refractivity contribution < 1.29 is 14.0 Å². The first-order valence-corrected chi connectivity index (χ1v) is 10.3. The number of hydrogen-bond donors (Lipinski definition) is 1. The molecule has 2 aliphatic rings. The van der Waals surface area contributed by atoms with Gasteiger partial charge in [0, 0.05) is 54.8 Å². The Balaban J connectivity index is 1.21. The second kappa shape index (κ2) is 8.64. The molecule has 5 nitrogen and oxygen atoms in total. The van der Waals surface area contributed by atoms with E-state index in [-0.39, 0.29) is 23.4 Å². The van der Waals surface area contributed by atoms with Gasteiger partial charge in [0.1, 0.15) is 5.82 Å². The maximum Gasteiger partial charge on any atom is 0.222 e. The van der Waals surface area contributed by atoms with Crippen LogP contribution in [0.25, 0.3) is 6.20 Å². The number of benzene rings is 1. The second-order valence-electron chi connectivity index (χ2n) is 7.79. The van der Waals surface area contributed by atoms with E-state index in [2.05, 4.69) is 22.2 Å². The van der Waals surface area contributed by atoms with Crippen molar-refractivity contribution in [2.24, 2.45) is 5.92 Å². The highest BCUT2D eigenvalue weighted by Gasteiger charge is 2.27. The quantitative estimate of drug-likeness (QED) is 0.757. The number of hydrogen-bond acceptors (Lipinski definition) is 3. The van der Waals surface area contributed by atoms with Crippen LogP contribution < -0.4 is 5.32 Å². The molecule has 3 heterocycles. The van der Waals surface area contributed by atoms with E-state index in [1.54, 1.807) is 12.1 Å². The van der Waals surface area contributed by atoms with E-state index >= 15 is 0 Å². The average molecular weight is 395 g/mol. The van der Waals surface area contributed by atoms with Crippen LogP contribution in [0.2, 0.25) is 0 Å². The fourth-order valence-corrected chi connectivity index (χ4v) is 4.10. The number of likely N-dealkylation sites (tertiary alicyclic amines) is 1. The van der Waals surface area contributed by atoms with Crippen molar-refractivity contribution in [3.05, 3.63) is 65.4 Å². The fraction of sp³-hybridized carbons (Fsp3) is 0.391. The monoisotopic (exact) mass is 395 g/mol. The van der Waals surface area contributed by atoms with Gasteiger partial charge in [-0.15, -0.1) is 0 Å². The lowest BCUT2D eigenvalue weighted by atomic mass is 9.88. The molecule has 2 aliphatic heterocycles. The molecule has 1 N–H and O–H groups in total. The number of carbonyl (C=O) groups excluding carboxylic acids is 2. The Bertz CT molecular complexity index is 908. The van der Waals surface area contributed by atoms with Crippen LogP contribution in [0.5, 0.6) is 0 Å². The molecule has 0 unspecified atom stereocenters. The molecule has 1 aromatic heterocycles. The molecule has 152 valence electrons. The number of piperidine rings is 1. The highest BCUT2D eigenvalue weighted by molar-refractivity contribution is 5.98. The third-order valence-electron chi connectivity index (χ3n) is 5.84. The van der Waals surface area contributed by atoms with Crippen molar-refractivity contribution in [1.82, 2.24) is 14.8 Å². The number of halogens is 1. The molecular weight excluding hydrogens is 369 g/mol. The first kappa shape index (κ1) is 19.4. The summed E-state index contributed by atoms with van der Waals surface area (Å²) >= 11 is 0. The number of nitrogens with zero attached hydrogens (tertiary/aromatic N) is 2. The van der Waals surface area contributed by atoms with E-state index in [1.807, 2.05) is 17.2 Å². The Kier molecular flexibility index (Phi) is 5.79. The number of Topliss-reactive ketones (excluding diaryl/α,β-unsaturated/α-hetero) is 1. The SMILES string of the molecule is O=C(c1ccc(F)cc1)C1CCN(C(=O)CCCC2=Cn3cccc3CN2)CC1. The lowest BCUT2D eigenvalue weighted by Gasteiger charge is -2.31. The first-order chi connectivity index (χ1) is 14.1. The smallest absolute Gasteiger partial charge is 0.222 e. The van der Waals surface area contributed by atoms with Crippen molar-refractivity contribution in [1.29, 1.82) is 0 Å². The van der Waals surface area contributed by atoms with Crippen molar-refractivity contribution in [3.8, 4) is 0 Å². The maximum absolute atomic E-state index is 13.0. The normalized spacial score (nSPS) is 16.7. The lowest BCUT2D eigenvalue weighted by molar-refractivity contribution is -0.132. The molecule has 1 fully saturated rings. The summed E-state index contributed by atoms with van der Waals surface area (Å²) < 4.78 is 15.2. The molecule has 29 heavy (non-hydrogen) atoms. The molecule has 0 radical (unpaired) electrons. The van der Waals surface area contributed by atoms with Crippen LogP contribution >= 0.6 is 0 Å². The minimum absolute atomic E-state index is 0.0526. The van der Waals surface area contributed by atoms with E-state index in [0.29, 0.717) is 37.9 Å². The number of allylic oxidation sites excluding steroid dienone is 1. The molecule has 0 spiro atoms. The largest absolute Gasteiger partial charge is 0.382 e. The Morgan fingerprint density at radius 3 is 2.62 bits per heavy atom. The molecule has 1 amide bonds. The van der Waals surface area contributed by atoms with Gasteiger partial charge in [-0.3, -0.25) is 9.59 Å². The standard InChI is InChI=1S/C23H26FN3O2/c24-19-8-6-17(7-9-19)23(29)18-10-13-26(14-11-18)22(28)5-1-3-20-16-27-12-2-4-21(27)15-25-20/h2,4,6-9,12,16,18,25H,1,3,5,10-11,13-15H2. The Morgan fingerprint density at radius 2 is 1.86 bits per heavy atom. The van der Waals surface area contributed by atoms with E-state index in [4.69, 9.17) is 0 Å². The molecule has 2 aromatic rings. The van der Waals surface area contributed by atoms with Crippen molar-refractivity contribution in [2.75, 3.05) is 13.1 Å². The summed E-state index contributed by atoms with van der Waals surface area (Å²) in [6, 6.07) is 9.84. The highest BCUT2D eigenvalue weighted by Crippen LogP contribution is 2.23. The van der Waals surface area contributed by atoms with Gasteiger partial charge in [0.25, 0.3) is 0 Å². The molecule has 0 saturated carbocycles. The van der Waals surface area contributed by atoms with Crippen molar-refractivity contribution in [3.63, 3.8) is 0 Å². The van der Waals surface area contributed by atoms with Crippen LogP contribution in [0.1, 0.15) is 48.2 Å². The van der Waals surface area contributed by atoms with Gasteiger partial charge in [-0.05, 0) is 62.1 Å². The molecule has 4 rings (SSSR count). The van der Waals surface area contributed by atoms with Crippen LogP contribution in [0.15, 0.2) is 48.3 Å². The summed E-state index contributed by atoms with van der Waals surface area (Å²) in [5.74, 6) is -0.209. The Morgan fingerprint density at radius 1 is 1.10 bits per heavy atom. The zero-order valence-electron chi connectivity index (χ0n) is 16.4. The molecule has 1 aromatic carbocycles. The summed E-state index contributed by atoms with van der Waals surface area (Å²) in [4.78, 5) is 27.0. The van der Waals surface area contributed by atoms with Crippen LogP contribution in [-0.2, 0) is 11.3 Å². The molecule has 0 atom stereocenters. The van der Waals surface area contributed by atoms with Crippen molar-refractivity contribution in [2.45, 2.75) is 38.6 Å².